The van der Waals surface area contributed by atoms with Crippen molar-refractivity contribution in [1.29, 1.82) is 0 Å². The van der Waals surface area contributed by atoms with Crippen molar-refractivity contribution in [3.63, 3.8) is 0 Å². The van der Waals surface area contributed by atoms with Crippen molar-refractivity contribution in [2.24, 2.45) is 11.8 Å². The van der Waals surface area contributed by atoms with E-state index in [1.165, 1.54) is 13.8 Å². The summed E-state index contributed by atoms with van der Waals surface area (Å²) in [5, 5.41) is 0. The molecule has 0 saturated heterocycles. The zero-order valence-electron chi connectivity index (χ0n) is 10.1. The zero-order chi connectivity index (χ0) is 11.8. The van der Waals surface area contributed by atoms with E-state index in [4.69, 9.17) is 0 Å². The average Bonchev–Trinajstić information content (AvgIpc) is 2.15. The maximum atomic E-state index is 11.3. The first-order valence-corrected chi connectivity index (χ1v) is 5.68. The van der Waals surface area contributed by atoms with Crippen LogP contribution >= 0.6 is 0 Å². The molecule has 0 aromatic heterocycles. The van der Waals surface area contributed by atoms with Crippen molar-refractivity contribution >= 4 is 11.6 Å². The van der Waals surface area contributed by atoms with Crippen LogP contribution in [0.1, 0.15) is 46.5 Å². The summed E-state index contributed by atoms with van der Waals surface area (Å²) in [6.45, 7) is 8.83. The number of unbranched alkanes of at least 4 members (excludes halogenated alkanes) is 2. The van der Waals surface area contributed by atoms with Crippen LogP contribution in [-0.4, -0.2) is 11.6 Å². The van der Waals surface area contributed by atoms with Gasteiger partial charge in [0.1, 0.15) is 11.6 Å². The van der Waals surface area contributed by atoms with Crippen LogP contribution in [0.5, 0.6) is 0 Å². The van der Waals surface area contributed by atoms with Gasteiger partial charge in [-0.25, -0.2) is 0 Å². The Morgan fingerprint density at radius 1 is 1.20 bits per heavy atom. The van der Waals surface area contributed by atoms with Gasteiger partial charge in [0.25, 0.3) is 0 Å². The van der Waals surface area contributed by atoms with E-state index in [-0.39, 0.29) is 17.5 Å². The third-order valence-electron chi connectivity index (χ3n) is 2.75. The number of ketones is 2. The predicted octanol–water partition coefficient (Wildman–Crippen LogP) is 3.16. The first-order valence-electron chi connectivity index (χ1n) is 5.68. The number of carbonyl (C=O) groups excluding carboxylic acids is 2. The summed E-state index contributed by atoms with van der Waals surface area (Å²) >= 11 is 0. The Morgan fingerprint density at radius 2 is 1.73 bits per heavy atom. The van der Waals surface area contributed by atoms with Crippen LogP contribution in [0.25, 0.3) is 0 Å². The van der Waals surface area contributed by atoms with Crippen LogP contribution in [0, 0.1) is 11.8 Å². The Labute approximate surface area is 92.8 Å². The molecule has 0 bridgehead atoms. The normalized spacial score (nSPS) is 12.5. The van der Waals surface area contributed by atoms with Crippen molar-refractivity contribution in [3.05, 3.63) is 12.7 Å². The highest BCUT2D eigenvalue weighted by atomic mass is 16.1. The fourth-order valence-electron chi connectivity index (χ4n) is 1.94. The van der Waals surface area contributed by atoms with Gasteiger partial charge in [0.2, 0.25) is 0 Å². The van der Waals surface area contributed by atoms with E-state index in [2.05, 4.69) is 13.5 Å². The molecule has 0 aliphatic heterocycles. The van der Waals surface area contributed by atoms with Gasteiger partial charge in [0.05, 0.1) is 5.92 Å². The fraction of sp³-hybridized carbons (Fsp3) is 0.692. The molecule has 1 atom stereocenters. The summed E-state index contributed by atoms with van der Waals surface area (Å²) in [7, 11) is 0. The number of carbonyl (C=O) groups is 2. The quantitative estimate of drug-likeness (QED) is 0.350. The molecule has 0 N–H and O–H groups in total. The molecular formula is C13H22O2. The maximum Gasteiger partial charge on any atom is 0.140 e. The molecule has 0 radical (unpaired) electrons. The number of hydrogen-bond donors (Lipinski definition) is 0. The molecule has 2 heteroatoms. The van der Waals surface area contributed by atoms with E-state index in [0.29, 0.717) is 0 Å². The van der Waals surface area contributed by atoms with Gasteiger partial charge in [-0.3, -0.25) is 9.59 Å². The summed E-state index contributed by atoms with van der Waals surface area (Å²) in [5.74, 6) is -0.529. The maximum absolute atomic E-state index is 11.3. The van der Waals surface area contributed by atoms with Crippen LogP contribution in [0.2, 0.25) is 0 Å². The van der Waals surface area contributed by atoms with E-state index in [1.807, 2.05) is 0 Å². The molecule has 0 heterocycles. The minimum Gasteiger partial charge on any atom is -0.299 e. The lowest BCUT2D eigenvalue weighted by molar-refractivity contribution is -0.132. The minimum absolute atomic E-state index is 0.0200. The first-order chi connectivity index (χ1) is 7.04. The molecule has 0 aromatic carbocycles. The van der Waals surface area contributed by atoms with Crippen molar-refractivity contribution in [2.45, 2.75) is 46.5 Å². The standard InChI is InChI=1S/C13H22O2/c1-5-7-8-9-12(6-2)13(10(3)14)11(4)15/h6,12-13H,2,5,7-9H2,1,3-4H3/t12-/m1/s1. The first kappa shape index (κ1) is 14.1. The Kier molecular flexibility index (Phi) is 6.93. The topological polar surface area (TPSA) is 34.1 Å². The number of Topliss-reactive ketones (excluding diaryl/α,β-unsaturated/α-hetero) is 2. The highest BCUT2D eigenvalue weighted by Crippen LogP contribution is 2.22. The van der Waals surface area contributed by atoms with Gasteiger partial charge in [-0.1, -0.05) is 32.3 Å². The predicted molar refractivity (Wildman–Crippen MR) is 62.7 cm³/mol. The van der Waals surface area contributed by atoms with Crippen molar-refractivity contribution in [1.82, 2.24) is 0 Å². The van der Waals surface area contributed by atoms with Gasteiger partial charge >= 0.3 is 0 Å². The lowest BCUT2D eigenvalue weighted by atomic mass is 9.83. The molecule has 0 fully saturated rings. The Bertz CT molecular complexity index is 217. The van der Waals surface area contributed by atoms with Crippen molar-refractivity contribution < 1.29 is 9.59 Å². The van der Waals surface area contributed by atoms with Gasteiger partial charge in [-0.05, 0) is 26.2 Å². The van der Waals surface area contributed by atoms with E-state index in [1.54, 1.807) is 6.08 Å². The molecule has 0 aromatic rings. The highest BCUT2D eigenvalue weighted by Gasteiger charge is 2.26. The lowest BCUT2D eigenvalue weighted by Gasteiger charge is -2.19. The Morgan fingerprint density at radius 3 is 2.07 bits per heavy atom. The fourth-order valence-corrected chi connectivity index (χ4v) is 1.94. The third kappa shape index (κ3) is 4.91. The second kappa shape index (κ2) is 7.38. The summed E-state index contributed by atoms with van der Waals surface area (Å²) in [6.07, 6.45) is 6.00. The van der Waals surface area contributed by atoms with Gasteiger partial charge in [0, 0.05) is 0 Å². The molecule has 0 unspecified atom stereocenters. The monoisotopic (exact) mass is 210 g/mol. The third-order valence-corrected chi connectivity index (χ3v) is 2.75. The van der Waals surface area contributed by atoms with Gasteiger partial charge < -0.3 is 0 Å². The Hall–Kier alpha value is -0.920. The van der Waals surface area contributed by atoms with E-state index >= 15 is 0 Å². The molecule has 0 saturated carbocycles. The molecule has 0 aliphatic rings. The highest BCUT2D eigenvalue weighted by molar-refractivity contribution is 6.00. The summed E-state index contributed by atoms with van der Waals surface area (Å²) in [4.78, 5) is 22.7. The van der Waals surface area contributed by atoms with E-state index in [9.17, 15) is 9.59 Å². The SMILES string of the molecule is C=C[C@H](CCCCC)C(C(C)=O)C(C)=O. The summed E-state index contributed by atoms with van der Waals surface area (Å²) < 4.78 is 0. The molecular weight excluding hydrogens is 188 g/mol. The molecule has 2 nitrogen and oxygen atoms in total. The minimum atomic E-state index is -0.473. The second-order valence-corrected chi connectivity index (χ2v) is 4.09. The van der Waals surface area contributed by atoms with Crippen LogP contribution < -0.4 is 0 Å². The summed E-state index contributed by atoms with van der Waals surface area (Å²) in [5.41, 5.74) is 0. The average molecular weight is 210 g/mol. The molecule has 0 rings (SSSR count). The van der Waals surface area contributed by atoms with Crippen molar-refractivity contribution in [3.8, 4) is 0 Å². The molecule has 86 valence electrons. The largest absolute Gasteiger partial charge is 0.299 e. The number of allylic oxidation sites excluding steroid dienone is 1. The Balaban J connectivity index is 4.39. The van der Waals surface area contributed by atoms with Gasteiger partial charge in [-0.2, -0.15) is 0 Å². The smallest absolute Gasteiger partial charge is 0.140 e. The van der Waals surface area contributed by atoms with Crippen LogP contribution in [0.4, 0.5) is 0 Å². The lowest BCUT2D eigenvalue weighted by Crippen LogP contribution is -2.27. The molecule has 0 aliphatic carbocycles. The van der Waals surface area contributed by atoms with Crippen LogP contribution in [-0.2, 0) is 9.59 Å². The van der Waals surface area contributed by atoms with Crippen LogP contribution in [0.3, 0.4) is 0 Å². The van der Waals surface area contributed by atoms with Crippen LogP contribution in [0.15, 0.2) is 12.7 Å². The van der Waals surface area contributed by atoms with Gasteiger partial charge in [-0.15, -0.1) is 6.58 Å². The van der Waals surface area contributed by atoms with E-state index < -0.39 is 5.92 Å². The summed E-state index contributed by atoms with van der Waals surface area (Å²) in [6, 6.07) is 0. The second-order valence-electron chi connectivity index (χ2n) is 4.09. The molecule has 0 spiro atoms. The van der Waals surface area contributed by atoms with Crippen molar-refractivity contribution in [2.75, 3.05) is 0 Å². The zero-order valence-corrected chi connectivity index (χ0v) is 10.1. The number of rotatable bonds is 8. The number of hydrogen-bond acceptors (Lipinski definition) is 2. The molecule has 0 amide bonds. The van der Waals surface area contributed by atoms with E-state index in [0.717, 1.165) is 25.7 Å². The molecule has 15 heavy (non-hydrogen) atoms. The van der Waals surface area contributed by atoms with Gasteiger partial charge in [0.15, 0.2) is 0 Å².